The summed E-state index contributed by atoms with van der Waals surface area (Å²) < 4.78 is 1.64. The number of hydrogen-bond donors (Lipinski definition) is 1. The number of benzene rings is 1. The van der Waals surface area contributed by atoms with Crippen LogP contribution in [0.1, 0.15) is 27.8 Å². The number of rotatable bonds is 2. The normalized spacial score (nSPS) is 16.4. The summed E-state index contributed by atoms with van der Waals surface area (Å²) in [7, 11) is 1.73. The molecule has 3 aromatic rings. The molecule has 0 fully saturated rings. The number of nitrogens with zero attached hydrogens (tertiary/aromatic N) is 4. The molecule has 0 radical (unpaired) electrons. The molecule has 0 bridgehead atoms. The summed E-state index contributed by atoms with van der Waals surface area (Å²) in [5.74, 6) is 0.495. The van der Waals surface area contributed by atoms with Gasteiger partial charge in [-0.05, 0) is 36.8 Å². The van der Waals surface area contributed by atoms with Gasteiger partial charge in [0.15, 0.2) is 11.0 Å². The minimum absolute atomic E-state index is 0.126. The van der Waals surface area contributed by atoms with Gasteiger partial charge in [-0.25, -0.2) is 9.67 Å². The molecule has 1 aromatic carbocycles. The van der Waals surface area contributed by atoms with Crippen molar-refractivity contribution in [2.45, 2.75) is 13.1 Å². The van der Waals surface area contributed by atoms with Crippen LogP contribution in [0.15, 0.2) is 42.6 Å². The molecule has 0 saturated carbocycles. The van der Waals surface area contributed by atoms with Gasteiger partial charge in [-0.15, -0.1) is 0 Å². The van der Waals surface area contributed by atoms with E-state index in [9.17, 15) is 4.79 Å². The predicted molar refractivity (Wildman–Crippen MR) is 101 cm³/mol. The quantitative estimate of drug-likeness (QED) is 0.719. The van der Waals surface area contributed by atoms with Gasteiger partial charge in [-0.3, -0.25) is 4.79 Å². The molecule has 1 aliphatic rings. The highest BCUT2D eigenvalue weighted by Gasteiger charge is 2.34. The lowest BCUT2D eigenvalue weighted by Crippen LogP contribution is -2.41. The Kier molecular flexibility index (Phi) is 4.09. The molecule has 2 aromatic heterocycles. The smallest absolute Gasteiger partial charge is 0.257 e. The van der Waals surface area contributed by atoms with Gasteiger partial charge in [-0.2, -0.15) is 5.10 Å². The molecule has 1 unspecified atom stereocenters. The maximum atomic E-state index is 12.9. The predicted octanol–water partition coefficient (Wildman–Crippen LogP) is 4.08. The van der Waals surface area contributed by atoms with Crippen LogP contribution in [-0.2, 0) is 0 Å². The molecule has 1 aliphatic heterocycles. The van der Waals surface area contributed by atoms with E-state index in [4.69, 9.17) is 23.2 Å². The summed E-state index contributed by atoms with van der Waals surface area (Å²) in [5, 5.41) is 8.60. The van der Waals surface area contributed by atoms with Crippen LogP contribution in [-0.4, -0.2) is 32.6 Å². The Labute approximate surface area is 160 Å². The fraction of sp³-hybridized carbons (Fsp3) is 0.167. The van der Waals surface area contributed by atoms with E-state index in [-0.39, 0.29) is 5.91 Å². The number of hydrogen-bond acceptors (Lipinski definition) is 4. The van der Waals surface area contributed by atoms with Crippen LogP contribution < -0.4 is 5.32 Å². The van der Waals surface area contributed by atoms with Gasteiger partial charge in [0.2, 0.25) is 0 Å². The number of aryl methyl sites for hydroxylation is 1. The van der Waals surface area contributed by atoms with Crippen molar-refractivity contribution in [3.63, 3.8) is 0 Å². The van der Waals surface area contributed by atoms with Crippen LogP contribution >= 0.6 is 23.2 Å². The summed E-state index contributed by atoms with van der Waals surface area (Å²) in [6.07, 6.45) is 1.23. The summed E-state index contributed by atoms with van der Waals surface area (Å²) in [5.41, 5.74) is 2.91. The Hall–Kier alpha value is -2.57. The first-order valence-corrected chi connectivity index (χ1v) is 8.72. The monoisotopic (exact) mass is 387 g/mol. The maximum Gasteiger partial charge on any atom is 0.257 e. The van der Waals surface area contributed by atoms with E-state index in [1.54, 1.807) is 35.0 Å². The van der Waals surface area contributed by atoms with E-state index in [1.807, 2.05) is 31.2 Å². The number of nitrogens with one attached hydrogen (secondary N) is 1. The Morgan fingerprint density at radius 2 is 2.00 bits per heavy atom. The first-order valence-electron chi connectivity index (χ1n) is 7.96. The van der Waals surface area contributed by atoms with Crippen LogP contribution in [0.2, 0.25) is 10.2 Å². The van der Waals surface area contributed by atoms with E-state index in [1.165, 1.54) is 0 Å². The highest BCUT2D eigenvalue weighted by Crippen LogP contribution is 2.37. The number of anilines is 1. The van der Waals surface area contributed by atoms with Crippen LogP contribution in [0.25, 0.3) is 5.82 Å². The average molecular weight is 388 g/mol. The molecule has 1 amide bonds. The summed E-state index contributed by atoms with van der Waals surface area (Å²) in [6.45, 7) is 1.91. The van der Waals surface area contributed by atoms with Crippen molar-refractivity contribution in [3.8, 4) is 5.82 Å². The standard InChI is InChI=1S/C18H15Cl2N5O/c1-10-7-11(19)8-12-16(10)22-17(24(2)18(12)26)13-9-14(20)23-25(13)15-5-3-4-6-21-15/h3-9,17,22H,1-2H3. The fourth-order valence-electron chi connectivity index (χ4n) is 3.14. The van der Waals surface area contributed by atoms with Crippen molar-refractivity contribution >= 4 is 34.8 Å². The van der Waals surface area contributed by atoms with Gasteiger partial charge in [0.1, 0.15) is 6.17 Å². The van der Waals surface area contributed by atoms with Crippen molar-refractivity contribution < 1.29 is 4.79 Å². The molecule has 4 rings (SSSR count). The van der Waals surface area contributed by atoms with Crippen molar-refractivity contribution in [1.29, 1.82) is 0 Å². The van der Waals surface area contributed by atoms with Gasteiger partial charge in [0.05, 0.1) is 16.9 Å². The second-order valence-electron chi connectivity index (χ2n) is 6.10. The highest BCUT2D eigenvalue weighted by molar-refractivity contribution is 6.31. The largest absolute Gasteiger partial charge is 0.359 e. The van der Waals surface area contributed by atoms with Crippen molar-refractivity contribution in [3.05, 3.63) is 69.6 Å². The van der Waals surface area contributed by atoms with E-state index in [0.717, 1.165) is 11.3 Å². The second-order valence-corrected chi connectivity index (χ2v) is 6.92. The average Bonchev–Trinajstić information content (AvgIpc) is 3.01. The Morgan fingerprint density at radius 1 is 1.19 bits per heavy atom. The van der Waals surface area contributed by atoms with Gasteiger partial charge in [0, 0.05) is 24.3 Å². The lowest BCUT2D eigenvalue weighted by atomic mass is 10.0. The number of carbonyl (C=O) groups excluding carboxylic acids is 1. The van der Waals surface area contributed by atoms with E-state index in [0.29, 0.717) is 27.3 Å². The summed E-state index contributed by atoms with van der Waals surface area (Å²) >= 11 is 12.3. The third kappa shape index (κ3) is 2.71. The SMILES string of the molecule is Cc1cc(Cl)cc2c1NC(c1cc(Cl)nn1-c1ccccn1)N(C)C2=O. The molecule has 0 aliphatic carbocycles. The minimum Gasteiger partial charge on any atom is -0.359 e. The molecule has 1 N–H and O–H groups in total. The third-order valence-electron chi connectivity index (χ3n) is 4.37. The zero-order valence-corrected chi connectivity index (χ0v) is 15.6. The molecule has 6 nitrogen and oxygen atoms in total. The molecule has 0 spiro atoms. The molecular weight excluding hydrogens is 373 g/mol. The zero-order valence-electron chi connectivity index (χ0n) is 14.1. The Balaban J connectivity index is 1.84. The topological polar surface area (TPSA) is 63.1 Å². The first-order chi connectivity index (χ1) is 12.5. The first kappa shape index (κ1) is 16.9. The molecule has 8 heteroatoms. The number of fused-ring (bicyclic) bond motifs is 1. The summed E-state index contributed by atoms with van der Waals surface area (Å²) in [6, 6.07) is 10.8. The van der Waals surface area contributed by atoms with Gasteiger partial charge < -0.3 is 10.2 Å². The highest BCUT2D eigenvalue weighted by atomic mass is 35.5. The Morgan fingerprint density at radius 3 is 2.73 bits per heavy atom. The van der Waals surface area contributed by atoms with Gasteiger partial charge >= 0.3 is 0 Å². The molecule has 1 atom stereocenters. The van der Waals surface area contributed by atoms with Gasteiger partial charge in [-0.1, -0.05) is 29.3 Å². The van der Waals surface area contributed by atoms with Crippen LogP contribution in [0.5, 0.6) is 0 Å². The van der Waals surface area contributed by atoms with E-state index < -0.39 is 6.17 Å². The number of halogens is 2. The van der Waals surface area contributed by atoms with Gasteiger partial charge in [0.25, 0.3) is 5.91 Å². The number of pyridine rings is 1. The Bertz CT molecular complexity index is 1000. The molecular formula is C18H15Cl2N5O. The minimum atomic E-state index is -0.447. The molecule has 0 saturated heterocycles. The maximum absolute atomic E-state index is 12.9. The van der Waals surface area contributed by atoms with E-state index in [2.05, 4.69) is 15.4 Å². The molecule has 26 heavy (non-hydrogen) atoms. The van der Waals surface area contributed by atoms with Crippen LogP contribution in [0.3, 0.4) is 0 Å². The fourth-order valence-corrected chi connectivity index (χ4v) is 3.60. The lowest BCUT2D eigenvalue weighted by Gasteiger charge is -2.36. The number of carbonyl (C=O) groups is 1. The van der Waals surface area contributed by atoms with Crippen molar-refractivity contribution in [1.82, 2.24) is 19.7 Å². The second kappa shape index (κ2) is 6.30. The lowest BCUT2D eigenvalue weighted by molar-refractivity contribution is 0.0730. The van der Waals surface area contributed by atoms with Crippen LogP contribution in [0, 0.1) is 6.92 Å². The van der Waals surface area contributed by atoms with Crippen molar-refractivity contribution in [2.75, 3.05) is 12.4 Å². The number of aromatic nitrogens is 3. The third-order valence-corrected chi connectivity index (χ3v) is 4.78. The molecule has 132 valence electrons. The number of amides is 1. The van der Waals surface area contributed by atoms with E-state index >= 15 is 0 Å². The van der Waals surface area contributed by atoms with Crippen LogP contribution in [0.4, 0.5) is 5.69 Å². The molecule has 3 heterocycles. The zero-order chi connectivity index (χ0) is 18.4. The van der Waals surface area contributed by atoms with Crippen molar-refractivity contribution in [2.24, 2.45) is 0 Å². The summed E-state index contributed by atoms with van der Waals surface area (Å²) in [4.78, 5) is 18.8.